The molecule has 21 heavy (non-hydrogen) atoms. The molecule has 0 saturated heterocycles. The first-order chi connectivity index (χ1) is 10.2. The highest BCUT2D eigenvalue weighted by Gasteiger charge is 2.15. The predicted octanol–water partition coefficient (Wildman–Crippen LogP) is 2.78. The molecule has 0 unspecified atom stereocenters. The van der Waals surface area contributed by atoms with Crippen LogP contribution in [-0.4, -0.2) is 17.4 Å². The summed E-state index contributed by atoms with van der Waals surface area (Å²) in [6, 6.07) is 9.68. The summed E-state index contributed by atoms with van der Waals surface area (Å²) in [5.41, 5.74) is 0.793. The fourth-order valence-electron chi connectivity index (χ4n) is 1.80. The van der Waals surface area contributed by atoms with Gasteiger partial charge < -0.3 is 10.6 Å². The lowest BCUT2D eigenvalue weighted by Gasteiger charge is -2.11. The van der Waals surface area contributed by atoms with Gasteiger partial charge in [-0.05, 0) is 25.1 Å². The lowest BCUT2D eigenvalue weighted by atomic mass is 10.1. The van der Waals surface area contributed by atoms with Gasteiger partial charge in [-0.2, -0.15) is 5.26 Å². The van der Waals surface area contributed by atoms with Crippen LogP contribution in [-0.2, 0) is 0 Å². The Morgan fingerprint density at radius 1 is 1.43 bits per heavy atom. The number of halogens is 1. The van der Waals surface area contributed by atoms with E-state index in [1.807, 2.05) is 13.0 Å². The Morgan fingerprint density at radius 2 is 2.19 bits per heavy atom. The molecule has 0 radical (unpaired) electrons. The number of para-hydroxylation sites is 1. The second-order valence-electron chi connectivity index (χ2n) is 4.19. The van der Waals surface area contributed by atoms with Crippen LogP contribution in [0.2, 0.25) is 0 Å². The summed E-state index contributed by atoms with van der Waals surface area (Å²) in [6.07, 6.45) is 1.04. The summed E-state index contributed by atoms with van der Waals surface area (Å²) in [5, 5.41) is 14.5. The third-order valence-electron chi connectivity index (χ3n) is 2.74. The van der Waals surface area contributed by atoms with Gasteiger partial charge in [-0.25, -0.2) is 9.37 Å². The van der Waals surface area contributed by atoms with E-state index in [-0.39, 0.29) is 5.56 Å². The molecule has 6 heteroatoms. The van der Waals surface area contributed by atoms with Gasteiger partial charge in [0.25, 0.3) is 5.91 Å². The minimum atomic E-state index is -0.602. The minimum Gasteiger partial charge on any atom is -0.370 e. The maximum atomic E-state index is 13.3. The molecule has 106 valence electrons. The molecule has 0 atom stereocenters. The highest BCUT2D eigenvalue weighted by molar-refractivity contribution is 6.08. The number of amides is 1. The third-order valence-corrected chi connectivity index (χ3v) is 2.74. The first-order valence-electron chi connectivity index (χ1n) is 6.35. The summed E-state index contributed by atoms with van der Waals surface area (Å²) in [7, 11) is 0. The Labute approximate surface area is 121 Å². The zero-order valence-electron chi connectivity index (χ0n) is 11.4. The lowest BCUT2D eigenvalue weighted by molar-refractivity contribution is 0.102. The molecular formula is C15H13FN4O. The molecule has 0 aliphatic rings. The molecule has 2 N–H and O–H groups in total. The van der Waals surface area contributed by atoms with Gasteiger partial charge in [0.1, 0.15) is 17.7 Å². The number of benzene rings is 1. The van der Waals surface area contributed by atoms with Crippen molar-refractivity contribution >= 4 is 17.4 Å². The fraction of sp³-hybridized carbons (Fsp3) is 0.133. The van der Waals surface area contributed by atoms with Gasteiger partial charge in [-0.3, -0.25) is 4.79 Å². The van der Waals surface area contributed by atoms with Gasteiger partial charge in [0.15, 0.2) is 0 Å². The minimum absolute atomic E-state index is 0.0876. The molecule has 1 aromatic heterocycles. The SMILES string of the molecule is CCNc1ncc(F)cc1C(=O)Nc1ccccc1C#N. The van der Waals surface area contributed by atoms with Crippen molar-refractivity contribution in [2.45, 2.75) is 6.92 Å². The summed E-state index contributed by atoms with van der Waals surface area (Å²) in [4.78, 5) is 16.1. The van der Waals surface area contributed by atoms with Crippen molar-refractivity contribution in [1.29, 1.82) is 5.26 Å². The van der Waals surface area contributed by atoms with Crippen molar-refractivity contribution in [2.24, 2.45) is 0 Å². The monoisotopic (exact) mass is 284 g/mol. The number of anilines is 2. The van der Waals surface area contributed by atoms with Crippen LogP contribution in [0, 0.1) is 17.1 Å². The van der Waals surface area contributed by atoms with Crippen molar-refractivity contribution in [3.8, 4) is 6.07 Å². The number of rotatable bonds is 4. The second-order valence-corrected chi connectivity index (χ2v) is 4.19. The van der Waals surface area contributed by atoms with Crippen LogP contribution >= 0.6 is 0 Å². The molecular weight excluding hydrogens is 271 g/mol. The highest BCUT2D eigenvalue weighted by Crippen LogP contribution is 2.18. The highest BCUT2D eigenvalue weighted by atomic mass is 19.1. The van der Waals surface area contributed by atoms with E-state index in [4.69, 9.17) is 5.26 Å². The van der Waals surface area contributed by atoms with Gasteiger partial charge in [-0.15, -0.1) is 0 Å². The van der Waals surface area contributed by atoms with Gasteiger partial charge in [0.05, 0.1) is 23.0 Å². The van der Waals surface area contributed by atoms with Gasteiger partial charge in [0, 0.05) is 6.54 Å². The first-order valence-corrected chi connectivity index (χ1v) is 6.35. The van der Waals surface area contributed by atoms with Crippen LogP contribution in [0.15, 0.2) is 36.5 Å². The van der Waals surface area contributed by atoms with E-state index in [9.17, 15) is 9.18 Å². The van der Waals surface area contributed by atoms with Crippen molar-refractivity contribution in [1.82, 2.24) is 4.98 Å². The number of hydrogen-bond acceptors (Lipinski definition) is 4. The van der Waals surface area contributed by atoms with E-state index in [0.29, 0.717) is 23.6 Å². The van der Waals surface area contributed by atoms with E-state index in [2.05, 4.69) is 15.6 Å². The maximum Gasteiger partial charge on any atom is 0.259 e. The predicted molar refractivity (Wildman–Crippen MR) is 77.5 cm³/mol. The van der Waals surface area contributed by atoms with E-state index < -0.39 is 11.7 Å². The standard InChI is InChI=1S/C15H13FN4O/c1-2-18-14-12(7-11(16)9-19-14)15(21)20-13-6-4-3-5-10(13)8-17/h3-7,9H,2H2,1H3,(H,18,19)(H,20,21). The number of carbonyl (C=O) groups is 1. The number of hydrogen-bond donors (Lipinski definition) is 2. The average molecular weight is 284 g/mol. The lowest BCUT2D eigenvalue weighted by Crippen LogP contribution is -2.16. The molecule has 1 amide bonds. The molecule has 2 rings (SSSR count). The Morgan fingerprint density at radius 3 is 2.90 bits per heavy atom. The Kier molecular flexibility index (Phi) is 4.46. The van der Waals surface area contributed by atoms with Crippen molar-refractivity contribution in [3.05, 3.63) is 53.5 Å². The number of nitriles is 1. The number of carbonyl (C=O) groups excluding carboxylic acids is 1. The number of aromatic nitrogens is 1. The molecule has 1 aromatic carbocycles. The van der Waals surface area contributed by atoms with Crippen molar-refractivity contribution in [3.63, 3.8) is 0 Å². The van der Waals surface area contributed by atoms with Crippen LogP contribution in [0.5, 0.6) is 0 Å². The second kappa shape index (κ2) is 6.48. The quantitative estimate of drug-likeness (QED) is 0.905. The third kappa shape index (κ3) is 3.34. The molecule has 0 fully saturated rings. The largest absolute Gasteiger partial charge is 0.370 e. The maximum absolute atomic E-state index is 13.3. The molecule has 0 spiro atoms. The summed E-state index contributed by atoms with van der Waals surface area (Å²) >= 11 is 0. The van der Waals surface area contributed by atoms with Crippen LogP contribution in [0.25, 0.3) is 0 Å². The van der Waals surface area contributed by atoms with Crippen molar-refractivity contribution < 1.29 is 9.18 Å². The summed E-state index contributed by atoms with van der Waals surface area (Å²) < 4.78 is 13.3. The normalized spacial score (nSPS) is 9.76. The first kappa shape index (κ1) is 14.5. The van der Waals surface area contributed by atoms with Crippen LogP contribution in [0.4, 0.5) is 15.9 Å². The van der Waals surface area contributed by atoms with E-state index in [1.54, 1.807) is 24.3 Å². The van der Waals surface area contributed by atoms with Crippen molar-refractivity contribution in [2.75, 3.05) is 17.2 Å². The Bertz CT molecular complexity index is 709. The molecule has 2 aromatic rings. The van der Waals surface area contributed by atoms with Crippen LogP contribution in [0.3, 0.4) is 0 Å². The molecule has 0 aliphatic heterocycles. The van der Waals surface area contributed by atoms with Gasteiger partial charge in [0.2, 0.25) is 0 Å². The van der Waals surface area contributed by atoms with Gasteiger partial charge >= 0.3 is 0 Å². The Balaban J connectivity index is 2.32. The molecule has 0 aliphatic carbocycles. The Hall–Kier alpha value is -2.94. The summed E-state index contributed by atoms with van der Waals surface area (Å²) in [6.45, 7) is 2.39. The summed E-state index contributed by atoms with van der Waals surface area (Å²) in [5.74, 6) is -0.832. The smallest absolute Gasteiger partial charge is 0.259 e. The number of pyridine rings is 1. The zero-order valence-corrected chi connectivity index (χ0v) is 11.4. The van der Waals surface area contributed by atoms with Crippen LogP contribution in [0.1, 0.15) is 22.8 Å². The molecule has 0 saturated carbocycles. The van der Waals surface area contributed by atoms with Gasteiger partial charge in [-0.1, -0.05) is 12.1 Å². The zero-order chi connectivity index (χ0) is 15.2. The molecule has 0 bridgehead atoms. The molecule has 1 heterocycles. The molecule has 5 nitrogen and oxygen atoms in total. The topological polar surface area (TPSA) is 77.8 Å². The van der Waals surface area contributed by atoms with E-state index in [0.717, 1.165) is 12.3 Å². The van der Waals surface area contributed by atoms with Crippen LogP contribution < -0.4 is 10.6 Å². The number of nitrogens with zero attached hydrogens (tertiary/aromatic N) is 2. The fourth-order valence-corrected chi connectivity index (χ4v) is 1.80. The van der Waals surface area contributed by atoms with E-state index >= 15 is 0 Å². The number of nitrogens with one attached hydrogen (secondary N) is 2. The average Bonchev–Trinajstić information content (AvgIpc) is 2.49. The van der Waals surface area contributed by atoms with E-state index in [1.165, 1.54) is 0 Å².